The van der Waals surface area contributed by atoms with Gasteiger partial charge in [-0.15, -0.1) is 0 Å². The molecule has 36 heavy (non-hydrogen) atoms. The number of carbonyl (C=O) groups is 2. The van der Waals surface area contributed by atoms with Crippen LogP contribution >= 0.6 is 0 Å². The van der Waals surface area contributed by atoms with Crippen molar-refractivity contribution in [2.75, 3.05) is 18.6 Å². The van der Waals surface area contributed by atoms with Gasteiger partial charge in [-0.3, -0.25) is 14.9 Å². The Bertz CT molecular complexity index is 1050. The molecule has 3 rings (SSSR count). The van der Waals surface area contributed by atoms with E-state index in [1.807, 2.05) is 37.3 Å². The molecule has 2 aromatic rings. The Morgan fingerprint density at radius 2 is 1.72 bits per heavy atom. The maximum Gasteiger partial charge on any atom is 0.338 e. The van der Waals surface area contributed by atoms with E-state index in [2.05, 4.69) is 18.7 Å². The fourth-order valence-corrected chi connectivity index (χ4v) is 4.79. The molecule has 1 aliphatic carbocycles. The van der Waals surface area contributed by atoms with E-state index in [1.54, 1.807) is 18.2 Å². The predicted molar refractivity (Wildman–Crippen MR) is 138 cm³/mol. The minimum Gasteiger partial charge on any atom is -0.469 e. The van der Waals surface area contributed by atoms with Crippen LogP contribution in [0.3, 0.4) is 0 Å². The topological polar surface area (TPSA) is 99.0 Å². The number of nitro benzene ring substituents is 1. The molecule has 0 radical (unpaired) electrons. The van der Waals surface area contributed by atoms with Gasteiger partial charge in [0.05, 0.1) is 24.0 Å². The summed E-state index contributed by atoms with van der Waals surface area (Å²) in [6.45, 7) is 6.73. The SMILES string of the molecule is COC(=O)CC(C)c1ccc(N(CC(C)C)C2CCC(OC(=O)c3ccccc3)CC2)c([N+](=O)[O-])c1. The number of carbonyl (C=O) groups excluding carboxylic acids is 2. The van der Waals surface area contributed by atoms with Gasteiger partial charge in [0.15, 0.2) is 0 Å². The zero-order chi connectivity index (χ0) is 26.2. The average Bonchev–Trinajstić information content (AvgIpc) is 2.87. The number of hydrogen-bond acceptors (Lipinski definition) is 7. The van der Waals surface area contributed by atoms with E-state index in [0.717, 1.165) is 18.4 Å². The number of rotatable bonds is 10. The highest BCUT2D eigenvalue weighted by Gasteiger charge is 2.32. The predicted octanol–water partition coefficient (Wildman–Crippen LogP) is 5.89. The summed E-state index contributed by atoms with van der Waals surface area (Å²) >= 11 is 0. The Labute approximate surface area is 212 Å². The number of methoxy groups -OCH3 is 1. The Morgan fingerprint density at radius 3 is 2.31 bits per heavy atom. The molecule has 0 aliphatic heterocycles. The largest absolute Gasteiger partial charge is 0.469 e. The first-order valence-corrected chi connectivity index (χ1v) is 12.6. The average molecular weight is 497 g/mol. The second-order valence-electron chi connectivity index (χ2n) is 9.93. The van der Waals surface area contributed by atoms with Crippen molar-refractivity contribution < 1.29 is 24.0 Å². The lowest BCUT2D eigenvalue weighted by molar-refractivity contribution is -0.384. The summed E-state index contributed by atoms with van der Waals surface area (Å²) in [5.74, 6) is -0.555. The maximum atomic E-state index is 12.5. The fraction of sp³-hybridized carbons (Fsp3) is 0.500. The van der Waals surface area contributed by atoms with E-state index >= 15 is 0 Å². The molecule has 194 valence electrons. The van der Waals surface area contributed by atoms with Gasteiger partial charge in [0.2, 0.25) is 0 Å². The molecule has 1 saturated carbocycles. The second-order valence-corrected chi connectivity index (χ2v) is 9.93. The van der Waals surface area contributed by atoms with E-state index in [9.17, 15) is 19.7 Å². The van der Waals surface area contributed by atoms with Crippen LogP contribution in [0, 0.1) is 16.0 Å². The van der Waals surface area contributed by atoms with Crippen molar-refractivity contribution in [3.05, 3.63) is 69.8 Å². The van der Waals surface area contributed by atoms with E-state index in [4.69, 9.17) is 9.47 Å². The normalized spacial score (nSPS) is 18.4. The van der Waals surface area contributed by atoms with Crippen molar-refractivity contribution in [1.82, 2.24) is 0 Å². The Kier molecular flexibility index (Phi) is 9.44. The van der Waals surface area contributed by atoms with Gasteiger partial charge in [-0.1, -0.05) is 45.0 Å². The lowest BCUT2D eigenvalue weighted by Gasteiger charge is -2.39. The number of hydrogen-bond donors (Lipinski definition) is 0. The van der Waals surface area contributed by atoms with Gasteiger partial charge < -0.3 is 14.4 Å². The van der Waals surface area contributed by atoms with Crippen molar-refractivity contribution >= 4 is 23.3 Å². The minimum atomic E-state index is -0.347. The molecule has 8 nitrogen and oxygen atoms in total. The molecular formula is C28H36N2O6. The molecule has 1 atom stereocenters. The summed E-state index contributed by atoms with van der Waals surface area (Å²) in [6.07, 6.45) is 2.97. The number of nitro groups is 1. The van der Waals surface area contributed by atoms with Crippen LogP contribution in [0.2, 0.25) is 0 Å². The molecule has 0 spiro atoms. The quantitative estimate of drug-likeness (QED) is 0.230. The molecule has 0 N–H and O–H groups in total. The van der Waals surface area contributed by atoms with Crippen LogP contribution in [-0.4, -0.2) is 42.7 Å². The van der Waals surface area contributed by atoms with Gasteiger partial charge >= 0.3 is 11.9 Å². The van der Waals surface area contributed by atoms with Crippen LogP contribution in [-0.2, 0) is 14.3 Å². The van der Waals surface area contributed by atoms with Crippen LogP contribution < -0.4 is 4.90 Å². The molecule has 0 bridgehead atoms. The number of benzene rings is 2. The van der Waals surface area contributed by atoms with Gasteiger partial charge in [-0.25, -0.2) is 4.79 Å². The van der Waals surface area contributed by atoms with Crippen molar-refractivity contribution in [3.8, 4) is 0 Å². The summed E-state index contributed by atoms with van der Waals surface area (Å²) < 4.78 is 10.5. The van der Waals surface area contributed by atoms with Crippen LogP contribution in [0.4, 0.5) is 11.4 Å². The van der Waals surface area contributed by atoms with Crippen molar-refractivity contribution in [2.24, 2.45) is 5.92 Å². The first kappa shape index (κ1) is 27.2. The highest BCUT2D eigenvalue weighted by atomic mass is 16.6. The first-order chi connectivity index (χ1) is 17.2. The molecule has 0 aromatic heterocycles. The lowest BCUT2D eigenvalue weighted by Crippen LogP contribution is -2.42. The molecule has 0 heterocycles. The third-order valence-corrected chi connectivity index (χ3v) is 6.70. The lowest BCUT2D eigenvalue weighted by atomic mass is 9.90. The maximum absolute atomic E-state index is 12.5. The van der Waals surface area contributed by atoms with Crippen LogP contribution in [0.1, 0.15) is 74.7 Å². The fourth-order valence-electron chi connectivity index (χ4n) is 4.79. The van der Waals surface area contributed by atoms with Gasteiger partial charge in [-0.2, -0.15) is 0 Å². The molecule has 8 heteroatoms. The van der Waals surface area contributed by atoms with Crippen LogP contribution in [0.15, 0.2) is 48.5 Å². The van der Waals surface area contributed by atoms with E-state index in [1.165, 1.54) is 7.11 Å². The number of ether oxygens (including phenoxy) is 2. The third kappa shape index (κ3) is 7.06. The van der Waals surface area contributed by atoms with Crippen molar-refractivity contribution in [1.29, 1.82) is 0 Å². The summed E-state index contributed by atoms with van der Waals surface area (Å²) in [5.41, 5.74) is 1.91. The summed E-state index contributed by atoms with van der Waals surface area (Å²) in [6, 6.07) is 14.3. The Balaban J connectivity index is 1.76. The number of nitrogens with zero attached hydrogens (tertiary/aromatic N) is 2. The molecule has 1 aliphatic rings. The highest BCUT2D eigenvalue weighted by molar-refractivity contribution is 5.89. The molecule has 0 saturated heterocycles. The molecule has 0 amide bonds. The van der Waals surface area contributed by atoms with Gasteiger partial charge in [0.1, 0.15) is 11.8 Å². The Hall–Kier alpha value is -3.42. The molecule has 1 fully saturated rings. The summed E-state index contributed by atoms with van der Waals surface area (Å²) in [4.78, 5) is 38.0. The van der Waals surface area contributed by atoms with Crippen LogP contribution in [0.25, 0.3) is 0 Å². The van der Waals surface area contributed by atoms with Crippen LogP contribution in [0.5, 0.6) is 0 Å². The van der Waals surface area contributed by atoms with Crippen molar-refractivity contribution in [3.63, 3.8) is 0 Å². The van der Waals surface area contributed by atoms with E-state index < -0.39 is 0 Å². The smallest absolute Gasteiger partial charge is 0.338 e. The third-order valence-electron chi connectivity index (χ3n) is 6.70. The number of anilines is 1. The minimum absolute atomic E-state index is 0.0440. The second kappa shape index (κ2) is 12.5. The zero-order valence-corrected chi connectivity index (χ0v) is 21.5. The molecular weight excluding hydrogens is 460 g/mol. The molecule has 2 aromatic carbocycles. The monoisotopic (exact) mass is 496 g/mol. The zero-order valence-electron chi connectivity index (χ0n) is 21.5. The summed E-state index contributed by atoms with van der Waals surface area (Å²) in [5, 5.41) is 12.1. The van der Waals surface area contributed by atoms with Gasteiger partial charge in [0, 0.05) is 18.7 Å². The number of esters is 2. The van der Waals surface area contributed by atoms with Gasteiger partial charge in [0.25, 0.3) is 5.69 Å². The highest BCUT2D eigenvalue weighted by Crippen LogP contribution is 2.37. The summed E-state index contributed by atoms with van der Waals surface area (Å²) in [7, 11) is 1.34. The van der Waals surface area contributed by atoms with E-state index in [0.29, 0.717) is 36.6 Å². The van der Waals surface area contributed by atoms with Gasteiger partial charge in [-0.05, 0) is 61.3 Å². The standard InChI is InChI=1S/C28H36N2O6/c1-19(2)18-29(23-11-13-24(14-12-23)36-28(32)21-8-6-5-7-9-21)25-15-10-22(17-26(25)30(33)34)20(3)16-27(31)35-4/h5-10,15,17,19-20,23-24H,11-14,16,18H2,1-4H3. The molecule has 1 unspecified atom stereocenters. The van der Waals surface area contributed by atoms with Crippen molar-refractivity contribution in [2.45, 2.75) is 70.9 Å². The Morgan fingerprint density at radius 1 is 1.06 bits per heavy atom. The van der Waals surface area contributed by atoms with E-state index in [-0.39, 0.29) is 47.0 Å². The first-order valence-electron chi connectivity index (χ1n) is 12.6.